The molecule has 1 unspecified atom stereocenters. The predicted molar refractivity (Wildman–Crippen MR) is 80.8 cm³/mol. The molecule has 19 heavy (non-hydrogen) atoms. The maximum atomic E-state index is 13.3. The van der Waals surface area contributed by atoms with Gasteiger partial charge in [-0.15, -0.1) is 0 Å². The average molecular weight is 303 g/mol. The smallest absolute Gasteiger partial charge is 0.123 e. The quantitative estimate of drug-likeness (QED) is 0.636. The predicted octanol–water partition coefficient (Wildman–Crippen LogP) is 4.05. The normalized spacial score (nSPS) is 18.5. The minimum atomic E-state index is -0.276. The number of hydrogen-bond donors (Lipinski definition) is 2. The highest BCUT2D eigenvalue weighted by molar-refractivity contribution is 7.99. The summed E-state index contributed by atoms with van der Waals surface area (Å²) in [7, 11) is 0. The molecule has 1 saturated carbocycles. The van der Waals surface area contributed by atoms with E-state index in [1.165, 1.54) is 44.2 Å². The van der Waals surface area contributed by atoms with Gasteiger partial charge in [-0.05, 0) is 36.6 Å². The molecular formula is C14H20ClFN2S. The van der Waals surface area contributed by atoms with E-state index in [1.807, 2.05) is 11.8 Å². The van der Waals surface area contributed by atoms with Crippen molar-refractivity contribution in [2.45, 2.75) is 43.4 Å². The van der Waals surface area contributed by atoms with Crippen molar-refractivity contribution in [1.29, 1.82) is 0 Å². The highest BCUT2D eigenvalue weighted by Crippen LogP contribution is 2.32. The maximum absolute atomic E-state index is 13.3. The topological polar surface area (TPSA) is 38.0 Å². The molecule has 0 spiro atoms. The summed E-state index contributed by atoms with van der Waals surface area (Å²) in [6.45, 7) is 0. The molecular weight excluding hydrogens is 283 g/mol. The summed E-state index contributed by atoms with van der Waals surface area (Å²) in [4.78, 5) is 0. The Morgan fingerprint density at radius 2 is 2.11 bits per heavy atom. The van der Waals surface area contributed by atoms with Crippen LogP contribution in [0.1, 0.15) is 43.7 Å². The number of hydrazine groups is 1. The van der Waals surface area contributed by atoms with Crippen LogP contribution in [0.15, 0.2) is 18.2 Å². The zero-order valence-electron chi connectivity index (χ0n) is 10.9. The molecule has 1 atom stereocenters. The molecule has 1 aliphatic rings. The highest BCUT2D eigenvalue weighted by atomic mass is 35.5. The summed E-state index contributed by atoms with van der Waals surface area (Å²) in [5.41, 5.74) is 3.50. The second-order valence-electron chi connectivity index (χ2n) is 4.98. The first-order valence-corrected chi connectivity index (χ1v) is 8.16. The van der Waals surface area contributed by atoms with Crippen LogP contribution in [0.2, 0.25) is 5.02 Å². The van der Waals surface area contributed by atoms with Crippen LogP contribution in [0.25, 0.3) is 0 Å². The van der Waals surface area contributed by atoms with Crippen LogP contribution >= 0.6 is 23.4 Å². The minimum Gasteiger partial charge on any atom is -0.271 e. The molecule has 2 nitrogen and oxygen atoms in total. The van der Waals surface area contributed by atoms with Crippen LogP contribution in [-0.2, 0) is 0 Å². The molecule has 0 heterocycles. The third kappa shape index (κ3) is 4.35. The van der Waals surface area contributed by atoms with Crippen LogP contribution in [0.3, 0.4) is 0 Å². The van der Waals surface area contributed by atoms with Crippen molar-refractivity contribution in [3.63, 3.8) is 0 Å². The van der Waals surface area contributed by atoms with Gasteiger partial charge in [-0.25, -0.2) is 4.39 Å². The molecule has 0 aromatic heterocycles. The number of nitrogens with one attached hydrogen (secondary N) is 1. The lowest BCUT2D eigenvalue weighted by atomic mass is 10.0. The third-order valence-electron chi connectivity index (χ3n) is 3.59. The monoisotopic (exact) mass is 302 g/mol. The van der Waals surface area contributed by atoms with Crippen molar-refractivity contribution in [1.82, 2.24) is 5.43 Å². The Hall–Kier alpha value is -0.290. The van der Waals surface area contributed by atoms with Crippen molar-refractivity contribution >= 4 is 23.4 Å². The number of halogens is 2. The van der Waals surface area contributed by atoms with E-state index in [4.69, 9.17) is 17.4 Å². The number of thioether (sulfide) groups is 1. The fraction of sp³-hybridized carbons (Fsp3) is 0.571. The minimum absolute atomic E-state index is 0.102. The molecule has 2 rings (SSSR count). The van der Waals surface area contributed by atoms with Crippen molar-refractivity contribution in [2.24, 2.45) is 5.84 Å². The molecule has 0 bridgehead atoms. The standard InChI is InChI=1S/C14H20ClFN2S/c15-13-7-6-10(16)8-12(13)14(18-17)9-19-11-4-2-1-3-5-11/h6-8,11,14,18H,1-5,9,17H2. The van der Waals surface area contributed by atoms with Gasteiger partial charge in [0, 0.05) is 16.0 Å². The average Bonchev–Trinajstić information content (AvgIpc) is 2.44. The van der Waals surface area contributed by atoms with Gasteiger partial charge in [-0.1, -0.05) is 30.9 Å². The van der Waals surface area contributed by atoms with E-state index in [1.54, 1.807) is 6.07 Å². The van der Waals surface area contributed by atoms with E-state index < -0.39 is 0 Å². The van der Waals surface area contributed by atoms with Gasteiger partial charge in [0.2, 0.25) is 0 Å². The van der Waals surface area contributed by atoms with Gasteiger partial charge in [0.15, 0.2) is 0 Å². The van der Waals surface area contributed by atoms with Gasteiger partial charge >= 0.3 is 0 Å². The lowest BCUT2D eigenvalue weighted by Gasteiger charge is -2.24. The molecule has 3 N–H and O–H groups in total. The molecule has 0 amide bonds. The number of rotatable bonds is 5. The van der Waals surface area contributed by atoms with Crippen molar-refractivity contribution < 1.29 is 4.39 Å². The van der Waals surface area contributed by atoms with Crippen LogP contribution < -0.4 is 11.3 Å². The molecule has 1 aromatic rings. The van der Waals surface area contributed by atoms with Crippen molar-refractivity contribution in [3.05, 3.63) is 34.6 Å². The Kier molecular flexibility index (Phi) is 5.95. The summed E-state index contributed by atoms with van der Waals surface area (Å²) >= 11 is 8.04. The van der Waals surface area contributed by atoms with Crippen LogP contribution in [0.5, 0.6) is 0 Å². The van der Waals surface area contributed by atoms with Crippen LogP contribution in [-0.4, -0.2) is 11.0 Å². The largest absolute Gasteiger partial charge is 0.271 e. The van der Waals surface area contributed by atoms with Gasteiger partial charge in [0.25, 0.3) is 0 Å². The van der Waals surface area contributed by atoms with Crippen LogP contribution in [0, 0.1) is 5.82 Å². The third-order valence-corrected chi connectivity index (χ3v) is 5.40. The van der Waals surface area contributed by atoms with Gasteiger partial charge in [-0.3, -0.25) is 11.3 Å². The second-order valence-corrected chi connectivity index (χ2v) is 6.72. The molecule has 5 heteroatoms. The van der Waals surface area contributed by atoms with E-state index in [2.05, 4.69) is 5.43 Å². The SMILES string of the molecule is NNC(CSC1CCCCC1)c1cc(F)ccc1Cl. The van der Waals surface area contributed by atoms with E-state index in [9.17, 15) is 4.39 Å². The summed E-state index contributed by atoms with van der Waals surface area (Å²) in [6.07, 6.45) is 6.54. The number of benzene rings is 1. The van der Waals surface area contributed by atoms with Gasteiger partial charge < -0.3 is 0 Å². The molecule has 106 valence electrons. The molecule has 0 radical (unpaired) electrons. The number of hydrogen-bond acceptors (Lipinski definition) is 3. The lowest BCUT2D eigenvalue weighted by molar-refractivity contribution is 0.514. The van der Waals surface area contributed by atoms with Crippen molar-refractivity contribution in [3.8, 4) is 0 Å². The highest BCUT2D eigenvalue weighted by Gasteiger charge is 2.19. The Bertz CT molecular complexity index is 410. The van der Waals surface area contributed by atoms with Gasteiger partial charge in [0.1, 0.15) is 5.82 Å². The van der Waals surface area contributed by atoms with Crippen LogP contribution in [0.4, 0.5) is 4.39 Å². The first-order chi connectivity index (χ1) is 9.20. The Balaban J connectivity index is 1.97. The Morgan fingerprint density at radius 1 is 1.37 bits per heavy atom. The fourth-order valence-electron chi connectivity index (χ4n) is 2.47. The van der Waals surface area contributed by atoms with E-state index in [0.29, 0.717) is 10.3 Å². The summed E-state index contributed by atoms with van der Waals surface area (Å²) in [6, 6.07) is 4.32. The first-order valence-electron chi connectivity index (χ1n) is 6.73. The van der Waals surface area contributed by atoms with E-state index >= 15 is 0 Å². The number of nitrogens with two attached hydrogens (primary N) is 1. The summed E-state index contributed by atoms with van der Waals surface area (Å²) in [5, 5.41) is 1.27. The molecule has 0 saturated heterocycles. The molecule has 1 aromatic carbocycles. The fourth-order valence-corrected chi connectivity index (χ4v) is 4.13. The zero-order chi connectivity index (χ0) is 13.7. The van der Waals surface area contributed by atoms with Gasteiger partial charge in [-0.2, -0.15) is 11.8 Å². The van der Waals surface area contributed by atoms with Gasteiger partial charge in [0.05, 0.1) is 6.04 Å². The maximum Gasteiger partial charge on any atom is 0.123 e. The first kappa shape index (κ1) is 15.1. The molecule has 0 aliphatic heterocycles. The Labute approximate surface area is 123 Å². The summed E-state index contributed by atoms with van der Waals surface area (Å²) < 4.78 is 13.3. The summed E-state index contributed by atoms with van der Waals surface area (Å²) in [5.74, 6) is 6.14. The Morgan fingerprint density at radius 3 is 2.79 bits per heavy atom. The second kappa shape index (κ2) is 7.48. The zero-order valence-corrected chi connectivity index (χ0v) is 12.4. The van der Waals surface area contributed by atoms with Crippen molar-refractivity contribution in [2.75, 3.05) is 5.75 Å². The van der Waals surface area contributed by atoms with E-state index in [-0.39, 0.29) is 11.9 Å². The van der Waals surface area contributed by atoms with E-state index in [0.717, 1.165) is 11.3 Å². The lowest BCUT2D eigenvalue weighted by Crippen LogP contribution is -2.30. The molecule has 1 fully saturated rings. The molecule has 1 aliphatic carbocycles.